The molecule has 0 saturated heterocycles. The highest BCUT2D eigenvalue weighted by molar-refractivity contribution is 7.99. The maximum Gasteiger partial charge on any atom is 0.283 e. The number of aromatic nitrogens is 3. The van der Waals surface area contributed by atoms with Gasteiger partial charge < -0.3 is 4.57 Å². The average Bonchev–Trinajstić information content (AvgIpc) is 3.11. The fourth-order valence-corrected chi connectivity index (χ4v) is 3.60. The fourth-order valence-electron chi connectivity index (χ4n) is 1.98. The normalized spacial score (nSPS) is 10.8. The van der Waals surface area contributed by atoms with Crippen LogP contribution in [0.15, 0.2) is 45.8 Å². The lowest BCUT2D eigenvalue weighted by atomic mass is 10.2. The van der Waals surface area contributed by atoms with Crippen molar-refractivity contribution in [3.8, 4) is 10.7 Å². The van der Waals surface area contributed by atoms with Crippen LogP contribution in [0.2, 0.25) is 0 Å². The van der Waals surface area contributed by atoms with Gasteiger partial charge in [0, 0.05) is 13.1 Å². The number of hydrogen-bond acceptors (Lipinski definition) is 6. The van der Waals surface area contributed by atoms with E-state index in [1.807, 2.05) is 42.1 Å². The highest BCUT2D eigenvalue weighted by Crippen LogP contribution is 2.35. The first kappa shape index (κ1) is 14.7. The molecular weight excluding hydrogens is 320 g/mol. The first-order chi connectivity index (χ1) is 10.6. The van der Waals surface area contributed by atoms with E-state index >= 15 is 0 Å². The lowest BCUT2D eigenvalue weighted by Gasteiger charge is -2.04. The molecule has 0 radical (unpaired) electrons. The van der Waals surface area contributed by atoms with Crippen LogP contribution in [-0.2, 0) is 7.05 Å². The van der Waals surface area contributed by atoms with Gasteiger partial charge in [0.2, 0.25) is 0 Å². The zero-order valence-electron chi connectivity index (χ0n) is 11.9. The van der Waals surface area contributed by atoms with Gasteiger partial charge >= 0.3 is 0 Å². The summed E-state index contributed by atoms with van der Waals surface area (Å²) in [6, 6.07) is 9.09. The van der Waals surface area contributed by atoms with Gasteiger partial charge in [-0.05, 0) is 41.8 Å². The molecular formula is C14H12N4O2S2. The van der Waals surface area contributed by atoms with E-state index in [9.17, 15) is 10.1 Å². The van der Waals surface area contributed by atoms with Gasteiger partial charge in [0.15, 0.2) is 11.0 Å². The summed E-state index contributed by atoms with van der Waals surface area (Å²) in [7, 11) is 1.86. The minimum Gasteiger partial charge on any atom is -0.304 e. The first-order valence-electron chi connectivity index (χ1n) is 6.42. The third-order valence-electron chi connectivity index (χ3n) is 3.09. The molecule has 0 saturated carbocycles. The van der Waals surface area contributed by atoms with Crippen LogP contribution in [0, 0.1) is 17.0 Å². The molecule has 0 N–H and O–H groups in total. The van der Waals surface area contributed by atoms with Crippen LogP contribution < -0.4 is 0 Å². The SMILES string of the molecule is Cc1ccc(Sc2nnc(-c3cccs3)n2C)c([N+](=O)[O-])c1. The monoisotopic (exact) mass is 332 g/mol. The Balaban J connectivity index is 1.96. The molecule has 0 bridgehead atoms. The van der Waals surface area contributed by atoms with Crippen molar-refractivity contribution < 1.29 is 4.92 Å². The van der Waals surface area contributed by atoms with Crippen molar-refractivity contribution in [2.24, 2.45) is 7.05 Å². The summed E-state index contributed by atoms with van der Waals surface area (Å²) in [5.74, 6) is 0.757. The fraction of sp³-hybridized carbons (Fsp3) is 0.143. The minimum absolute atomic E-state index is 0.0886. The Kier molecular flexibility index (Phi) is 3.95. The van der Waals surface area contributed by atoms with Crippen LogP contribution in [0.25, 0.3) is 10.7 Å². The molecule has 2 heterocycles. The number of rotatable bonds is 4. The van der Waals surface area contributed by atoms with Crippen molar-refractivity contribution >= 4 is 28.8 Å². The summed E-state index contributed by atoms with van der Waals surface area (Å²) in [6.07, 6.45) is 0. The summed E-state index contributed by atoms with van der Waals surface area (Å²) >= 11 is 2.83. The van der Waals surface area contributed by atoms with E-state index in [0.717, 1.165) is 16.3 Å². The van der Waals surface area contributed by atoms with Crippen molar-refractivity contribution in [3.05, 3.63) is 51.4 Å². The van der Waals surface area contributed by atoms with E-state index in [-0.39, 0.29) is 10.6 Å². The molecule has 2 aromatic heterocycles. The van der Waals surface area contributed by atoms with Crippen molar-refractivity contribution in [2.75, 3.05) is 0 Å². The number of aryl methyl sites for hydroxylation is 1. The van der Waals surface area contributed by atoms with Gasteiger partial charge in [-0.2, -0.15) is 0 Å². The molecule has 112 valence electrons. The second kappa shape index (κ2) is 5.90. The molecule has 6 nitrogen and oxygen atoms in total. The molecule has 0 spiro atoms. The number of nitro benzene ring substituents is 1. The number of benzene rings is 1. The predicted octanol–water partition coefficient (Wildman–Crippen LogP) is 3.91. The Bertz CT molecular complexity index is 827. The van der Waals surface area contributed by atoms with Crippen LogP contribution in [0.3, 0.4) is 0 Å². The van der Waals surface area contributed by atoms with E-state index < -0.39 is 0 Å². The molecule has 1 aromatic carbocycles. The maximum absolute atomic E-state index is 11.2. The zero-order valence-corrected chi connectivity index (χ0v) is 13.5. The summed E-state index contributed by atoms with van der Waals surface area (Å²) in [4.78, 5) is 12.4. The second-order valence-electron chi connectivity index (χ2n) is 4.67. The topological polar surface area (TPSA) is 73.8 Å². The van der Waals surface area contributed by atoms with E-state index in [0.29, 0.717) is 10.1 Å². The molecule has 0 aliphatic carbocycles. The smallest absolute Gasteiger partial charge is 0.283 e. The van der Waals surface area contributed by atoms with Crippen LogP contribution in [-0.4, -0.2) is 19.7 Å². The molecule has 0 atom stereocenters. The third-order valence-corrected chi connectivity index (χ3v) is 5.06. The van der Waals surface area contributed by atoms with Crippen LogP contribution in [0.1, 0.15) is 5.56 Å². The van der Waals surface area contributed by atoms with Gasteiger partial charge in [-0.25, -0.2) is 0 Å². The largest absolute Gasteiger partial charge is 0.304 e. The van der Waals surface area contributed by atoms with Crippen molar-refractivity contribution in [1.82, 2.24) is 14.8 Å². The van der Waals surface area contributed by atoms with Gasteiger partial charge in [0.1, 0.15) is 0 Å². The Morgan fingerprint density at radius 3 is 2.82 bits per heavy atom. The standard InChI is InChI=1S/C14H12N4O2S2/c1-9-5-6-11(10(8-9)18(19)20)22-14-16-15-13(17(14)2)12-4-3-7-21-12/h3-8H,1-2H3. The third kappa shape index (κ3) is 2.75. The molecule has 3 rings (SSSR count). The number of hydrogen-bond donors (Lipinski definition) is 0. The molecule has 22 heavy (non-hydrogen) atoms. The van der Waals surface area contributed by atoms with Gasteiger partial charge in [-0.15, -0.1) is 21.5 Å². The van der Waals surface area contributed by atoms with Gasteiger partial charge in [0.25, 0.3) is 5.69 Å². The van der Waals surface area contributed by atoms with E-state index in [1.54, 1.807) is 23.5 Å². The maximum atomic E-state index is 11.2. The highest BCUT2D eigenvalue weighted by Gasteiger charge is 2.19. The molecule has 0 aliphatic rings. The Hall–Kier alpha value is -2.19. The Morgan fingerprint density at radius 1 is 1.32 bits per heavy atom. The van der Waals surface area contributed by atoms with Crippen LogP contribution in [0.4, 0.5) is 5.69 Å². The molecule has 0 amide bonds. The van der Waals surface area contributed by atoms with Gasteiger partial charge in [-0.1, -0.05) is 12.1 Å². The second-order valence-corrected chi connectivity index (χ2v) is 6.63. The molecule has 8 heteroatoms. The van der Waals surface area contributed by atoms with Crippen molar-refractivity contribution in [3.63, 3.8) is 0 Å². The first-order valence-corrected chi connectivity index (χ1v) is 8.12. The lowest BCUT2D eigenvalue weighted by molar-refractivity contribution is -0.387. The lowest BCUT2D eigenvalue weighted by Crippen LogP contribution is -1.95. The molecule has 0 fully saturated rings. The summed E-state index contributed by atoms with van der Waals surface area (Å²) in [5.41, 5.74) is 0.943. The summed E-state index contributed by atoms with van der Waals surface area (Å²) < 4.78 is 1.85. The predicted molar refractivity (Wildman–Crippen MR) is 86.3 cm³/mol. The summed E-state index contributed by atoms with van der Waals surface area (Å²) in [5, 5.41) is 22.1. The van der Waals surface area contributed by atoms with E-state index in [4.69, 9.17) is 0 Å². The number of nitrogens with zero attached hydrogens (tertiary/aromatic N) is 4. The highest BCUT2D eigenvalue weighted by atomic mass is 32.2. The Morgan fingerprint density at radius 2 is 2.14 bits per heavy atom. The van der Waals surface area contributed by atoms with E-state index in [1.165, 1.54) is 11.8 Å². The minimum atomic E-state index is -0.369. The van der Waals surface area contributed by atoms with Crippen LogP contribution >= 0.6 is 23.1 Å². The number of thiophene rings is 1. The molecule has 0 unspecified atom stereocenters. The van der Waals surface area contributed by atoms with Gasteiger partial charge in [0.05, 0.1) is 14.7 Å². The molecule has 0 aliphatic heterocycles. The quantitative estimate of drug-likeness (QED) is 0.535. The zero-order chi connectivity index (χ0) is 15.7. The number of nitro groups is 1. The molecule has 3 aromatic rings. The average molecular weight is 332 g/mol. The van der Waals surface area contributed by atoms with Crippen LogP contribution in [0.5, 0.6) is 0 Å². The summed E-state index contributed by atoms with van der Waals surface area (Å²) in [6.45, 7) is 1.83. The van der Waals surface area contributed by atoms with E-state index in [2.05, 4.69) is 10.2 Å². The Labute approximate surface area is 135 Å². The van der Waals surface area contributed by atoms with Crippen molar-refractivity contribution in [2.45, 2.75) is 17.0 Å². The van der Waals surface area contributed by atoms with Gasteiger partial charge in [-0.3, -0.25) is 10.1 Å². The van der Waals surface area contributed by atoms with Crippen molar-refractivity contribution in [1.29, 1.82) is 0 Å².